The van der Waals surface area contributed by atoms with E-state index < -0.39 is 5.82 Å². The van der Waals surface area contributed by atoms with E-state index in [4.69, 9.17) is 17.3 Å². The van der Waals surface area contributed by atoms with E-state index in [-0.39, 0.29) is 17.4 Å². The molecule has 0 saturated heterocycles. The van der Waals surface area contributed by atoms with Crippen LogP contribution in [0.2, 0.25) is 5.02 Å². The Hall–Kier alpha value is 0.01000. The van der Waals surface area contributed by atoms with E-state index in [1.54, 1.807) is 0 Å². The zero-order chi connectivity index (χ0) is 7.72. The molecule has 0 aromatic heterocycles. The summed E-state index contributed by atoms with van der Waals surface area (Å²) in [6, 6.07) is 2.60. The molecule has 62 valence electrons. The highest BCUT2D eigenvalue weighted by Crippen LogP contribution is 2.25. The molecule has 0 atom stereocenters. The predicted octanol–water partition coefficient (Wildman–Crippen LogP) is 3.25. The molecular weight excluding hydrogens is 256 g/mol. The highest BCUT2D eigenvalue weighted by Gasteiger charge is 2.02. The molecular formula is C6H5BrCl2FN. The monoisotopic (exact) mass is 259 g/mol. The zero-order valence-electron chi connectivity index (χ0n) is 5.27. The average molecular weight is 261 g/mol. The van der Waals surface area contributed by atoms with Gasteiger partial charge >= 0.3 is 0 Å². The lowest BCUT2D eigenvalue weighted by Crippen LogP contribution is -1.87. The second kappa shape index (κ2) is 4.14. The molecule has 0 radical (unpaired) electrons. The summed E-state index contributed by atoms with van der Waals surface area (Å²) >= 11 is 8.47. The molecule has 0 heterocycles. The van der Waals surface area contributed by atoms with E-state index in [0.29, 0.717) is 10.2 Å². The lowest BCUT2D eigenvalue weighted by molar-refractivity contribution is 0.621. The van der Waals surface area contributed by atoms with Gasteiger partial charge in [-0.15, -0.1) is 12.4 Å². The highest BCUT2D eigenvalue weighted by molar-refractivity contribution is 9.10. The lowest BCUT2D eigenvalue weighted by Gasteiger charge is -1.98. The third-order valence-electron chi connectivity index (χ3n) is 1.04. The molecule has 1 aromatic rings. The summed E-state index contributed by atoms with van der Waals surface area (Å²) < 4.78 is 12.9. The van der Waals surface area contributed by atoms with Crippen LogP contribution >= 0.6 is 39.9 Å². The Kier molecular flexibility index (Phi) is 4.14. The number of nitrogen functional groups attached to an aromatic ring is 1. The van der Waals surface area contributed by atoms with E-state index >= 15 is 0 Å². The number of halogens is 4. The summed E-state index contributed by atoms with van der Waals surface area (Å²) in [6.07, 6.45) is 0. The second-order valence-electron chi connectivity index (χ2n) is 1.79. The standard InChI is InChI=1S/C6H4BrClFN.ClH/c7-3-1-6(10)4(8)2-5(3)9;/h1-2H,10H2;1H. The summed E-state index contributed by atoms with van der Waals surface area (Å²) in [7, 11) is 0. The maximum absolute atomic E-state index is 12.6. The van der Waals surface area contributed by atoms with Crippen LogP contribution in [0, 0.1) is 5.82 Å². The second-order valence-corrected chi connectivity index (χ2v) is 3.05. The van der Waals surface area contributed by atoms with Gasteiger partial charge in [-0.1, -0.05) is 11.6 Å². The number of hydrogen-bond acceptors (Lipinski definition) is 1. The van der Waals surface area contributed by atoms with Crippen molar-refractivity contribution in [3.05, 3.63) is 27.4 Å². The number of anilines is 1. The fourth-order valence-corrected chi connectivity index (χ4v) is 1.05. The molecule has 0 unspecified atom stereocenters. The number of benzene rings is 1. The van der Waals surface area contributed by atoms with E-state index in [1.807, 2.05) is 0 Å². The normalized spacial score (nSPS) is 9.00. The van der Waals surface area contributed by atoms with Gasteiger partial charge in [-0.05, 0) is 28.1 Å². The van der Waals surface area contributed by atoms with E-state index in [2.05, 4.69) is 15.9 Å². The smallest absolute Gasteiger partial charge is 0.139 e. The van der Waals surface area contributed by atoms with Crippen molar-refractivity contribution in [1.29, 1.82) is 0 Å². The summed E-state index contributed by atoms with van der Waals surface area (Å²) in [6.45, 7) is 0. The molecule has 0 spiro atoms. The summed E-state index contributed by atoms with van der Waals surface area (Å²) in [5, 5.41) is 0.237. The van der Waals surface area contributed by atoms with Gasteiger partial charge in [0.1, 0.15) is 5.82 Å². The van der Waals surface area contributed by atoms with Gasteiger partial charge in [0.25, 0.3) is 0 Å². The minimum atomic E-state index is -0.404. The SMILES string of the molecule is Cl.Nc1cc(Br)c(F)cc1Cl. The number of rotatable bonds is 0. The Bertz CT molecular complexity index is 217. The lowest BCUT2D eigenvalue weighted by atomic mass is 10.3. The Balaban J connectivity index is 0.000001000. The number of hydrogen-bond donors (Lipinski definition) is 1. The van der Waals surface area contributed by atoms with Gasteiger partial charge in [0.05, 0.1) is 15.2 Å². The van der Waals surface area contributed by atoms with Crippen molar-refractivity contribution in [2.24, 2.45) is 0 Å². The molecule has 1 nitrogen and oxygen atoms in total. The van der Waals surface area contributed by atoms with E-state index in [1.165, 1.54) is 12.1 Å². The van der Waals surface area contributed by atoms with E-state index in [0.717, 1.165) is 0 Å². The molecule has 0 aliphatic heterocycles. The Labute approximate surface area is 83.3 Å². The molecule has 1 aromatic carbocycles. The van der Waals surface area contributed by atoms with Crippen molar-refractivity contribution < 1.29 is 4.39 Å². The topological polar surface area (TPSA) is 26.0 Å². The van der Waals surface area contributed by atoms with Gasteiger partial charge in [-0.3, -0.25) is 0 Å². The van der Waals surface area contributed by atoms with Crippen LogP contribution in [0.3, 0.4) is 0 Å². The quantitative estimate of drug-likeness (QED) is 0.563. The first kappa shape index (κ1) is 11.0. The largest absolute Gasteiger partial charge is 0.397 e. The van der Waals surface area contributed by atoms with Crippen molar-refractivity contribution in [2.75, 3.05) is 5.73 Å². The summed E-state index contributed by atoms with van der Waals surface area (Å²) in [5.74, 6) is -0.404. The molecule has 0 saturated carbocycles. The summed E-state index contributed by atoms with van der Waals surface area (Å²) in [4.78, 5) is 0. The third kappa shape index (κ3) is 2.51. The van der Waals surface area contributed by atoms with Gasteiger partial charge in [-0.2, -0.15) is 0 Å². The zero-order valence-corrected chi connectivity index (χ0v) is 8.43. The third-order valence-corrected chi connectivity index (χ3v) is 1.97. The first-order chi connectivity index (χ1) is 4.61. The fraction of sp³-hybridized carbons (Fsp3) is 0. The molecule has 2 N–H and O–H groups in total. The summed E-state index contributed by atoms with van der Waals surface area (Å²) in [5.41, 5.74) is 5.73. The van der Waals surface area contributed by atoms with Crippen LogP contribution in [0.5, 0.6) is 0 Å². The Morgan fingerprint density at radius 1 is 1.45 bits per heavy atom. The minimum Gasteiger partial charge on any atom is -0.397 e. The molecule has 0 aliphatic rings. The van der Waals surface area contributed by atoms with E-state index in [9.17, 15) is 4.39 Å². The van der Waals surface area contributed by atoms with Crippen LogP contribution in [0.25, 0.3) is 0 Å². The molecule has 0 amide bonds. The fourth-order valence-electron chi connectivity index (χ4n) is 0.538. The molecule has 0 aliphatic carbocycles. The molecule has 0 fully saturated rings. The van der Waals surface area contributed by atoms with Crippen molar-refractivity contribution >= 4 is 45.6 Å². The minimum absolute atomic E-state index is 0. The Morgan fingerprint density at radius 3 is 2.45 bits per heavy atom. The van der Waals surface area contributed by atoms with Crippen LogP contribution < -0.4 is 5.73 Å². The van der Waals surface area contributed by atoms with Crippen LogP contribution in [0.1, 0.15) is 0 Å². The van der Waals surface area contributed by atoms with Crippen molar-refractivity contribution in [3.63, 3.8) is 0 Å². The molecule has 5 heteroatoms. The van der Waals surface area contributed by atoms with Crippen LogP contribution in [-0.4, -0.2) is 0 Å². The van der Waals surface area contributed by atoms with Crippen molar-refractivity contribution in [2.45, 2.75) is 0 Å². The first-order valence-corrected chi connectivity index (χ1v) is 3.68. The predicted molar refractivity (Wildman–Crippen MR) is 50.8 cm³/mol. The Morgan fingerprint density at radius 2 is 2.00 bits per heavy atom. The molecule has 1 rings (SSSR count). The van der Waals surface area contributed by atoms with Gasteiger partial charge < -0.3 is 5.73 Å². The van der Waals surface area contributed by atoms with Gasteiger partial charge in [0.2, 0.25) is 0 Å². The van der Waals surface area contributed by atoms with Gasteiger partial charge in [0, 0.05) is 0 Å². The number of nitrogens with two attached hydrogens (primary N) is 1. The van der Waals surface area contributed by atoms with Crippen molar-refractivity contribution in [3.8, 4) is 0 Å². The van der Waals surface area contributed by atoms with Gasteiger partial charge in [0.15, 0.2) is 0 Å². The van der Waals surface area contributed by atoms with Crippen LogP contribution in [-0.2, 0) is 0 Å². The van der Waals surface area contributed by atoms with Crippen LogP contribution in [0.4, 0.5) is 10.1 Å². The molecule has 11 heavy (non-hydrogen) atoms. The van der Waals surface area contributed by atoms with Crippen LogP contribution in [0.15, 0.2) is 16.6 Å². The maximum Gasteiger partial charge on any atom is 0.139 e. The van der Waals surface area contributed by atoms with Crippen molar-refractivity contribution in [1.82, 2.24) is 0 Å². The maximum atomic E-state index is 12.6. The average Bonchev–Trinajstić information content (AvgIpc) is 1.84. The molecule has 0 bridgehead atoms. The van der Waals surface area contributed by atoms with Gasteiger partial charge in [-0.25, -0.2) is 4.39 Å². The highest BCUT2D eigenvalue weighted by atomic mass is 79.9. The first-order valence-electron chi connectivity index (χ1n) is 2.51.